The van der Waals surface area contributed by atoms with Gasteiger partial charge in [0.25, 0.3) is 0 Å². The van der Waals surface area contributed by atoms with Crippen LogP contribution in [-0.4, -0.2) is 72.4 Å². The van der Waals surface area contributed by atoms with E-state index >= 15 is 0 Å². The van der Waals surface area contributed by atoms with E-state index in [0.717, 1.165) is 0 Å². The molecular formula is C23H26F3N5O6. The summed E-state index contributed by atoms with van der Waals surface area (Å²) in [5.74, 6) is -1.55. The number of esters is 1. The number of benzene rings is 1. The van der Waals surface area contributed by atoms with Gasteiger partial charge in [0, 0.05) is 12.2 Å². The lowest BCUT2D eigenvalue weighted by atomic mass is 9.98. The third-order valence-corrected chi connectivity index (χ3v) is 5.70. The molecule has 0 unspecified atom stereocenters. The van der Waals surface area contributed by atoms with Gasteiger partial charge in [0.15, 0.2) is 11.5 Å². The Bertz CT molecular complexity index is 1130. The van der Waals surface area contributed by atoms with Gasteiger partial charge in [0.1, 0.15) is 24.1 Å². The van der Waals surface area contributed by atoms with Gasteiger partial charge in [-0.15, -0.1) is 0 Å². The highest BCUT2D eigenvalue weighted by atomic mass is 19.4. The monoisotopic (exact) mass is 525 g/mol. The largest absolute Gasteiger partial charge is 0.465 e. The van der Waals surface area contributed by atoms with Crippen molar-refractivity contribution < 1.29 is 41.7 Å². The molecule has 4 rings (SSSR count). The summed E-state index contributed by atoms with van der Waals surface area (Å²) in [6.07, 6.45) is -4.62. The average molecular weight is 525 g/mol. The summed E-state index contributed by atoms with van der Waals surface area (Å²) in [5.41, 5.74) is -0.321. The highest BCUT2D eigenvalue weighted by Gasteiger charge is 2.52. The van der Waals surface area contributed by atoms with Crippen molar-refractivity contribution in [3.8, 4) is 0 Å². The van der Waals surface area contributed by atoms with Crippen LogP contribution in [0.25, 0.3) is 0 Å². The van der Waals surface area contributed by atoms with E-state index in [9.17, 15) is 22.8 Å². The molecule has 2 aliphatic rings. The molecule has 2 aromatic rings. The molecule has 1 aromatic carbocycles. The standard InChI is InChI=1S/C23H26F3N5O6/c1-22(2)36-18-14(30-17-10-27-9-16(31-17)23(24,25)26)11-35-15(19(18)37-22)8-28-21(33)29-13-6-4-12(5-7-13)20(32)34-3/h4-7,9-10,14-15,18-19H,8,11H2,1-3H3,(H,30,31)(H2,28,29,33)/t14-,15+,18+,19-/m0/s1. The predicted molar refractivity (Wildman–Crippen MR) is 123 cm³/mol. The number of hydrogen-bond acceptors (Lipinski definition) is 9. The zero-order valence-electron chi connectivity index (χ0n) is 20.2. The van der Waals surface area contributed by atoms with Crippen molar-refractivity contribution in [2.24, 2.45) is 0 Å². The molecule has 3 N–H and O–H groups in total. The Balaban J connectivity index is 1.36. The minimum absolute atomic E-state index is 0.0570. The van der Waals surface area contributed by atoms with Crippen LogP contribution in [0.2, 0.25) is 0 Å². The number of anilines is 2. The lowest BCUT2D eigenvalue weighted by Crippen LogP contribution is -2.57. The summed E-state index contributed by atoms with van der Waals surface area (Å²) in [4.78, 5) is 31.1. The number of fused-ring (bicyclic) bond motifs is 1. The predicted octanol–water partition coefficient (Wildman–Crippen LogP) is 2.80. The number of urea groups is 1. The third kappa shape index (κ3) is 6.45. The molecule has 3 heterocycles. The van der Waals surface area contributed by atoms with Crippen LogP contribution in [0.3, 0.4) is 0 Å². The first kappa shape index (κ1) is 26.6. The minimum Gasteiger partial charge on any atom is -0.465 e. The molecule has 0 aliphatic carbocycles. The van der Waals surface area contributed by atoms with E-state index in [1.165, 1.54) is 25.4 Å². The molecule has 11 nitrogen and oxygen atoms in total. The first-order valence-electron chi connectivity index (χ1n) is 11.3. The molecule has 0 saturated carbocycles. The molecule has 2 saturated heterocycles. The van der Waals surface area contributed by atoms with Crippen LogP contribution in [0.4, 0.5) is 29.5 Å². The van der Waals surface area contributed by atoms with Gasteiger partial charge in [-0.05, 0) is 38.1 Å². The number of amides is 2. The Morgan fingerprint density at radius 2 is 1.84 bits per heavy atom. The zero-order valence-corrected chi connectivity index (χ0v) is 20.2. The number of carbonyl (C=O) groups is 2. The summed E-state index contributed by atoms with van der Waals surface area (Å²) >= 11 is 0. The molecule has 37 heavy (non-hydrogen) atoms. The van der Waals surface area contributed by atoms with Crippen molar-refractivity contribution in [3.05, 3.63) is 47.9 Å². The van der Waals surface area contributed by atoms with Gasteiger partial charge in [-0.1, -0.05) is 0 Å². The fourth-order valence-electron chi connectivity index (χ4n) is 4.07. The van der Waals surface area contributed by atoms with Crippen LogP contribution in [0.15, 0.2) is 36.7 Å². The Labute approximate surface area is 210 Å². The van der Waals surface area contributed by atoms with E-state index in [2.05, 4.69) is 30.7 Å². The van der Waals surface area contributed by atoms with Crippen molar-refractivity contribution in [2.45, 2.75) is 50.2 Å². The van der Waals surface area contributed by atoms with Crippen molar-refractivity contribution >= 4 is 23.5 Å². The Hall–Kier alpha value is -3.49. The fraction of sp³-hybridized carbons (Fsp3) is 0.478. The van der Waals surface area contributed by atoms with Crippen molar-refractivity contribution in [2.75, 3.05) is 30.9 Å². The lowest BCUT2D eigenvalue weighted by Gasteiger charge is -2.37. The number of carbonyl (C=O) groups excluding carboxylic acids is 2. The lowest BCUT2D eigenvalue weighted by molar-refractivity contribution is -0.153. The van der Waals surface area contributed by atoms with Crippen LogP contribution < -0.4 is 16.0 Å². The van der Waals surface area contributed by atoms with Gasteiger partial charge in [-0.3, -0.25) is 4.98 Å². The average Bonchev–Trinajstić information content (AvgIpc) is 3.18. The SMILES string of the molecule is COC(=O)c1ccc(NC(=O)NC[C@H]2OC[C@H](Nc3cncc(C(F)(F)F)n3)[C@H]3OC(C)(C)O[C@H]32)cc1. The second-order valence-corrected chi connectivity index (χ2v) is 8.88. The number of rotatable bonds is 6. The summed E-state index contributed by atoms with van der Waals surface area (Å²) in [6.45, 7) is 3.55. The number of nitrogens with one attached hydrogen (secondary N) is 3. The summed E-state index contributed by atoms with van der Waals surface area (Å²) < 4.78 is 61.6. The van der Waals surface area contributed by atoms with Crippen LogP contribution in [0.5, 0.6) is 0 Å². The summed E-state index contributed by atoms with van der Waals surface area (Å²) in [6, 6.07) is 5.06. The highest BCUT2D eigenvalue weighted by molar-refractivity contribution is 5.92. The molecule has 4 atom stereocenters. The van der Waals surface area contributed by atoms with Crippen molar-refractivity contribution in [1.29, 1.82) is 0 Å². The fourth-order valence-corrected chi connectivity index (χ4v) is 4.07. The van der Waals surface area contributed by atoms with Crippen LogP contribution in [0, 0.1) is 0 Å². The Kier molecular flexibility index (Phi) is 7.52. The van der Waals surface area contributed by atoms with Gasteiger partial charge in [0.2, 0.25) is 0 Å². The molecule has 0 bridgehead atoms. The molecule has 14 heteroatoms. The molecule has 0 radical (unpaired) electrons. The second-order valence-electron chi connectivity index (χ2n) is 8.88. The quantitative estimate of drug-likeness (QED) is 0.487. The van der Waals surface area contributed by atoms with Crippen molar-refractivity contribution in [1.82, 2.24) is 15.3 Å². The molecular weight excluding hydrogens is 499 g/mol. The van der Waals surface area contributed by atoms with Gasteiger partial charge in [0.05, 0.1) is 37.7 Å². The number of alkyl halides is 3. The molecule has 2 fully saturated rings. The number of nitrogens with zero attached hydrogens (tertiary/aromatic N) is 2. The maximum Gasteiger partial charge on any atom is 0.434 e. The van der Waals surface area contributed by atoms with Crippen LogP contribution in [-0.2, 0) is 25.1 Å². The Morgan fingerprint density at radius 1 is 1.14 bits per heavy atom. The molecule has 2 aliphatic heterocycles. The van der Waals surface area contributed by atoms with E-state index in [0.29, 0.717) is 17.4 Å². The number of ether oxygens (including phenoxy) is 4. The van der Waals surface area contributed by atoms with Crippen molar-refractivity contribution in [3.63, 3.8) is 0 Å². The van der Waals surface area contributed by atoms with Gasteiger partial charge < -0.3 is 34.9 Å². The van der Waals surface area contributed by atoms with E-state index < -0.39 is 54.0 Å². The first-order chi connectivity index (χ1) is 17.4. The smallest absolute Gasteiger partial charge is 0.434 e. The van der Waals surface area contributed by atoms with E-state index in [-0.39, 0.29) is 19.0 Å². The number of hydrogen-bond donors (Lipinski definition) is 3. The van der Waals surface area contributed by atoms with E-state index in [1.807, 2.05) is 0 Å². The van der Waals surface area contributed by atoms with Gasteiger partial charge in [-0.25, -0.2) is 14.6 Å². The van der Waals surface area contributed by atoms with E-state index in [1.54, 1.807) is 26.0 Å². The summed E-state index contributed by atoms with van der Waals surface area (Å²) in [7, 11) is 1.28. The third-order valence-electron chi connectivity index (χ3n) is 5.70. The molecule has 200 valence electrons. The number of methoxy groups -OCH3 is 1. The highest BCUT2D eigenvalue weighted by Crippen LogP contribution is 2.36. The van der Waals surface area contributed by atoms with Crippen LogP contribution >= 0.6 is 0 Å². The normalized spacial score (nSPS) is 24.6. The topological polar surface area (TPSA) is 133 Å². The second kappa shape index (κ2) is 10.5. The molecule has 2 amide bonds. The van der Waals surface area contributed by atoms with Crippen LogP contribution in [0.1, 0.15) is 29.9 Å². The minimum atomic E-state index is -4.63. The Morgan fingerprint density at radius 3 is 2.51 bits per heavy atom. The van der Waals surface area contributed by atoms with E-state index in [4.69, 9.17) is 14.2 Å². The van der Waals surface area contributed by atoms with Gasteiger partial charge in [-0.2, -0.15) is 13.2 Å². The zero-order chi connectivity index (χ0) is 26.8. The summed E-state index contributed by atoms with van der Waals surface area (Å²) in [5, 5.41) is 8.26. The number of halogens is 3. The molecule has 1 aromatic heterocycles. The maximum absolute atomic E-state index is 13.0. The van der Waals surface area contributed by atoms with Gasteiger partial charge >= 0.3 is 18.2 Å². The maximum atomic E-state index is 13.0. The number of aromatic nitrogens is 2. The first-order valence-corrected chi connectivity index (χ1v) is 11.3. The molecule has 0 spiro atoms.